The Hall–Kier alpha value is -1.32. The highest BCUT2D eigenvalue weighted by Gasteiger charge is 2.46. The first kappa shape index (κ1) is 13.4. The van der Waals surface area contributed by atoms with Gasteiger partial charge in [-0.3, -0.25) is 4.79 Å². The number of hydrogen-bond donors (Lipinski definition) is 0. The Labute approximate surface area is 125 Å². The standard InChI is InChI=1S/C17H24N2O2/c1-12-14(15(18-21-12)13-6-7-13)16(20)19-11-5-10-17(19)8-3-2-4-9-17/h13H,2-11H2,1H3. The Bertz CT molecular complexity index is 553. The summed E-state index contributed by atoms with van der Waals surface area (Å²) in [5, 5.41) is 4.18. The van der Waals surface area contributed by atoms with Gasteiger partial charge in [0, 0.05) is 18.0 Å². The summed E-state index contributed by atoms with van der Waals surface area (Å²) in [5.41, 5.74) is 1.85. The van der Waals surface area contributed by atoms with Gasteiger partial charge in [0.1, 0.15) is 11.3 Å². The van der Waals surface area contributed by atoms with Crippen LogP contribution in [0.3, 0.4) is 0 Å². The number of rotatable bonds is 2. The quantitative estimate of drug-likeness (QED) is 0.831. The molecule has 3 fully saturated rings. The van der Waals surface area contributed by atoms with Gasteiger partial charge in [-0.05, 0) is 45.4 Å². The maximum atomic E-state index is 13.2. The Kier molecular flexibility index (Phi) is 3.09. The molecule has 114 valence electrons. The maximum absolute atomic E-state index is 13.2. The van der Waals surface area contributed by atoms with Crippen molar-refractivity contribution < 1.29 is 9.32 Å². The van der Waals surface area contributed by atoms with Crippen LogP contribution in [0.5, 0.6) is 0 Å². The maximum Gasteiger partial charge on any atom is 0.259 e. The van der Waals surface area contributed by atoms with Gasteiger partial charge in [0.2, 0.25) is 0 Å². The average molecular weight is 288 g/mol. The number of carbonyl (C=O) groups is 1. The molecule has 4 heteroatoms. The third kappa shape index (κ3) is 2.11. The van der Waals surface area contributed by atoms with Crippen LogP contribution in [0.2, 0.25) is 0 Å². The lowest BCUT2D eigenvalue weighted by Crippen LogP contribution is -2.48. The molecule has 2 aliphatic carbocycles. The molecule has 1 aromatic rings. The molecule has 0 unspecified atom stereocenters. The highest BCUT2D eigenvalue weighted by molar-refractivity contribution is 5.97. The summed E-state index contributed by atoms with van der Waals surface area (Å²) < 4.78 is 5.36. The number of hydrogen-bond acceptors (Lipinski definition) is 3. The number of aromatic nitrogens is 1. The van der Waals surface area contributed by atoms with Crippen LogP contribution in [0.15, 0.2) is 4.52 Å². The molecule has 1 saturated heterocycles. The van der Waals surface area contributed by atoms with E-state index in [1.165, 1.54) is 38.5 Å². The zero-order chi connectivity index (χ0) is 14.4. The largest absolute Gasteiger partial charge is 0.361 e. The molecule has 3 aliphatic rings. The summed E-state index contributed by atoms with van der Waals surface area (Å²) in [6.07, 6.45) is 10.8. The molecule has 0 bridgehead atoms. The second-order valence-corrected chi connectivity index (χ2v) is 7.12. The molecule has 21 heavy (non-hydrogen) atoms. The molecule has 2 saturated carbocycles. The molecule has 0 aromatic carbocycles. The van der Waals surface area contributed by atoms with Gasteiger partial charge in [-0.15, -0.1) is 0 Å². The molecule has 0 atom stereocenters. The van der Waals surface area contributed by atoms with Gasteiger partial charge in [0.25, 0.3) is 5.91 Å². The second kappa shape index (κ2) is 4.85. The number of nitrogens with zero attached hydrogens (tertiary/aromatic N) is 2. The van der Waals surface area contributed by atoms with Crippen LogP contribution < -0.4 is 0 Å². The van der Waals surface area contributed by atoms with Crippen molar-refractivity contribution in [1.29, 1.82) is 0 Å². The van der Waals surface area contributed by atoms with Crippen molar-refractivity contribution in [3.8, 4) is 0 Å². The first-order valence-corrected chi connectivity index (χ1v) is 8.49. The first-order chi connectivity index (χ1) is 10.2. The molecule has 2 heterocycles. The Morgan fingerprint density at radius 3 is 2.62 bits per heavy atom. The predicted molar refractivity (Wildman–Crippen MR) is 79.3 cm³/mol. The predicted octanol–water partition coefficient (Wildman–Crippen LogP) is 3.80. The van der Waals surface area contributed by atoms with Crippen molar-refractivity contribution in [2.45, 2.75) is 76.2 Å². The third-order valence-corrected chi connectivity index (χ3v) is 5.69. The summed E-state index contributed by atoms with van der Waals surface area (Å²) in [6.45, 7) is 2.79. The molecule has 1 aromatic heterocycles. The molecular weight excluding hydrogens is 264 g/mol. The molecule has 4 rings (SSSR count). The minimum absolute atomic E-state index is 0.139. The highest BCUT2D eigenvalue weighted by atomic mass is 16.5. The van der Waals surface area contributed by atoms with E-state index in [2.05, 4.69) is 10.1 Å². The number of amides is 1. The van der Waals surface area contributed by atoms with Crippen molar-refractivity contribution in [1.82, 2.24) is 10.1 Å². The lowest BCUT2D eigenvalue weighted by Gasteiger charge is -2.41. The van der Waals surface area contributed by atoms with Gasteiger partial charge in [0.05, 0.1) is 5.69 Å². The number of aryl methyl sites for hydroxylation is 1. The SMILES string of the molecule is Cc1onc(C2CC2)c1C(=O)N1CCCC12CCCCC2. The van der Waals surface area contributed by atoms with E-state index in [4.69, 9.17) is 4.52 Å². The van der Waals surface area contributed by atoms with E-state index in [0.29, 0.717) is 11.7 Å². The molecular formula is C17H24N2O2. The van der Waals surface area contributed by atoms with Gasteiger partial charge < -0.3 is 9.42 Å². The topological polar surface area (TPSA) is 46.3 Å². The van der Waals surface area contributed by atoms with E-state index in [1.54, 1.807) is 0 Å². The van der Waals surface area contributed by atoms with Crippen molar-refractivity contribution >= 4 is 5.91 Å². The van der Waals surface area contributed by atoms with Crippen molar-refractivity contribution in [3.63, 3.8) is 0 Å². The molecule has 1 spiro atoms. The molecule has 0 N–H and O–H groups in total. The van der Waals surface area contributed by atoms with Crippen LogP contribution in [0.25, 0.3) is 0 Å². The monoisotopic (exact) mass is 288 g/mol. The molecule has 4 nitrogen and oxygen atoms in total. The van der Waals surface area contributed by atoms with Crippen LogP contribution in [0.4, 0.5) is 0 Å². The zero-order valence-corrected chi connectivity index (χ0v) is 12.9. The summed E-state index contributed by atoms with van der Waals surface area (Å²) in [4.78, 5) is 15.4. The van der Waals surface area contributed by atoms with Gasteiger partial charge in [-0.25, -0.2) is 0 Å². The van der Waals surface area contributed by atoms with Crippen LogP contribution in [-0.4, -0.2) is 28.0 Å². The molecule has 1 amide bonds. The number of likely N-dealkylation sites (tertiary alicyclic amines) is 1. The van der Waals surface area contributed by atoms with Crippen molar-refractivity contribution in [2.24, 2.45) is 0 Å². The lowest BCUT2D eigenvalue weighted by atomic mass is 9.79. The van der Waals surface area contributed by atoms with Crippen molar-refractivity contribution in [2.75, 3.05) is 6.54 Å². The van der Waals surface area contributed by atoms with Gasteiger partial charge in [-0.2, -0.15) is 0 Å². The Morgan fingerprint density at radius 2 is 1.90 bits per heavy atom. The molecule has 1 aliphatic heterocycles. The van der Waals surface area contributed by atoms with Gasteiger partial charge >= 0.3 is 0 Å². The summed E-state index contributed by atoms with van der Waals surface area (Å²) in [7, 11) is 0. The third-order valence-electron chi connectivity index (χ3n) is 5.69. The van der Waals surface area contributed by atoms with E-state index in [1.807, 2.05) is 6.92 Å². The highest BCUT2D eigenvalue weighted by Crippen LogP contribution is 2.45. The van der Waals surface area contributed by atoms with E-state index < -0.39 is 0 Å². The molecule has 0 radical (unpaired) electrons. The minimum atomic E-state index is 0.139. The lowest BCUT2D eigenvalue weighted by molar-refractivity contribution is 0.0497. The Morgan fingerprint density at radius 1 is 1.19 bits per heavy atom. The van der Waals surface area contributed by atoms with Crippen molar-refractivity contribution in [3.05, 3.63) is 17.0 Å². The van der Waals surface area contributed by atoms with E-state index in [-0.39, 0.29) is 11.4 Å². The van der Waals surface area contributed by atoms with E-state index in [0.717, 1.165) is 37.1 Å². The first-order valence-electron chi connectivity index (χ1n) is 8.49. The van der Waals surface area contributed by atoms with Crippen LogP contribution >= 0.6 is 0 Å². The van der Waals surface area contributed by atoms with Crippen LogP contribution in [0.1, 0.15) is 85.5 Å². The van der Waals surface area contributed by atoms with E-state index in [9.17, 15) is 4.79 Å². The zero-order valence-electron chi connectivity index (χ0n) is 12.9. The summed E-state index contributed by atoms with van der Waals surface area (Å²) >= 11 is 0. The van der Waals surface area contributed by atoms with Gasteiger partial charge in [-0.1, -0.05) is 24.4 Å². The summed E-state index contributed by atoms with van der Waals surface area (Å²) in [6, 6.07) is 0. The Balaban J connectivity index is 1.66. The number of carbonyl (C=O) groups excluding carboxylic acids is 1. The fourth-order valence-electron chi connectivity index (χ4n) is 4.40. The van der Waals surface area contributed by atoms with E-state index >= 15 is 0 Å². The van der Waals surface area contributed by atoms with Crippen LogP contribution in [0, 0.1) is 6.92 Å². The fourth-order valence-corrected chi connectivity index (χ4v) is 4.40. The normalized spacial score (nSPS) is 24.7. The second-order valence-electron chi connectivity index (χ2n) is 7.12. The smallest absolute Gasteiger partial charge is 0.259 e. The van der Waals surface area contributed by atoms with Gasteiger partial charge in [0.15, 0.2) is 0 Å². The minimum Gasteiger partial charge on any atom is -0.361 e. The van der Waals surface area contributed by atoms with Crippen LogP contribution in [-0.2, 0) is 0 Å². The summed E-state index contributed by atoms with van der Waals surface area (Å²) in [5.74, 6) is 1.36. The average Bonchev–Trinajstić information content (AvgIpc) is 3.16. The fraction of sp³-hybridized carbons (Fsp3) is 0.765.